The highest BCUT2D eigenvalue weighted by Gasteiger charge is 2.17. The summed E-state index contributed by atoms with van der Waals surface area (Å²) in [6, 6.07) is 7.53. The van der Waals surface area contributed by atoms with E-state index < -0.39 is 5.76 Å². The number of aromatic nitrogens is 4. The van der Waals surface area contributed by atoms with Gasteiger partial charge in [0.05, 0.1) is 13.3 Å². The molecule has 10 heteroatoms. The quantitative estimate of drug-likeness (QED) is 0.558. The summed E-state index contributed by atoms with van der Waals surface area (Å²) >= 11 is 0. The summed E-state index contributed by atoms with van der Waals surface area (Å²) in [7, 11) is 1.60. The average molecular weight is 384 g/mol. The molecule has 3 aromatic rings. The maximum absolute atomic E-state index is 11.2. The zero-order valence-corrected chi connectivity index (χ0v) is 15.3. The van der Waals surface area contributed by atoms with Crippen molar-refractivity contribution in [2.24, 2.45) is 0 Å². The van der Waals surface area contributed by atoms with Crippen LogP contribution in [0.4, 0.5) is 5.69 Å². The summed E-state index contributed by atoms with van der Waals surface area (Å²) in [5, 5.41) is 10.4. The fourth-order valence-electron chi connectivity index (χ4n) is 2.92. The maximum atomic E-state index is 11.2. The first-order valence-electron chi connectivity index (χ1n) is 8.94. The van der Waals surface area contributed by atoms with E-state index in [9.17, 15) is 4.79 Å². The predicted molar refractivity (Wildman–Crippen MR) is 101 cm³/mol. The molecule has 1 saturated heterocycles. The second kappa shape index (κ2) is 8.09. The molecule has 2 aromatic heterocycles. The molecule has 1 atom stereocenters. The lowest BCUT2D eigenvalue weighted by molar-refractivity contribution is 0.387. The number of hydrogen-bond acceptors (Lipinski definition) is 9. The SMILES string of the molecule is COc1ccc(Oc2nc(-c3noc(=O)[nH]3)ncc2NCC2CCCN2)cc1. The Kier molecular flexibility index (Phi) is 5.20. The van der Waals surface area contributed by atoms with Crippen LogP contribution in [0, 0.1) is 0 Å². The summed E-state index contributed by atoms with van der Waals surface area (Å²) in [6.45, 7) is 1.75. The first kappa shape index (κ1) is 18.0. The van der Waals surface area contributed by atoms with Gasteiger partial charge < -0.3 is 20.1 Å². The Hall–Kier alpha value is -3.40. The van der Waals surface area contributed by atoms with Crippen molar-refractivity contribution >= 4 is 5.69 Å². The van der Waals surface area contributed by atoms with Gasteiger partial charge in [-0.25, -0.2) is 9.78 Å². The number of H-pyrrole nitrogens is 1. The second-order valence-electron chi connectivity index (χ2n) is 6.31. The first-order chi connectivity index (χ1) is 13.7. The van der Waals surface area contributed by atoms with Crippen LogP contribution in [-0.2, 0) is 0 Å². The van der Waals surface area contributed by atoms with Crippen LogP contribution >= 0.6 is 0 Å². The third-order valence-corrected chi connectivity index (χ3v) is 4.38. The molecular formula is C18H20N6O4. The van der Waals surface area contributed by atoms with Gasteiger partial charge in [-0.15, -0.1) is 0 Å². The Bertz CT molecular complexity index is 978. The fourth-order valence-corrected chi connectivity index (χ4v) is 2.92. The van der Waals surface area contributed by atoms with E-state index in [1.165, 1.54) is 0 Å². The fraction of sp³-hybridized carbons (Fsp3) is 0.333. The van der Waals surface area contributed by atoms with Crippen LogP contribution < -0.4 is 25.9 Å². The van der Waals surface area contributed by atoms with Crippen LogP contribution in [0.5, 0.6) is 17.4 Å². The second-order valence-corrected chi connectivity index (χ2v) is 6.31. The van der Waals surface area contributed by atoms with Gasteiger partial charge in [-0.3, -0.25) is 9.51 Å². The van der Waals surface area contributed by atoms with E-state index >= 15 is 0 Å². The molecule has 1 aromatic carbocycles. The molecule has 0 spiro atoms. The summed E-state index contributed by atoms with van der Waals surface area (Å²) in [6.07, 6.45) is 3.88. The van der Waals surface area contributed by atoms with Gasteiger partial charge in [0.15, 0.2) is 0 Å². The molecule has 0 bridgehead atoms. The van der Waals surface area contributed by atoms with Gasteiger partial charge in [0.25, 0.3) is 0 Å². The van der Waals surface area contributed by atoms with Crippen molar-refractivity contribution in [2.45, 2.75) is 18.9 Å². The third-order valence-electron chi connectivity index (χ3n) is 4.38. The zero-order chi connectivity index (χ0) is 19.3. The highest BCUT2D eigenvalue weighted by molar-refractivity contribution is 5.56. The van der Waals surface area contributed by atoms with Crippen LogP contribution in [0.3, 0.4) is 0 Å². The number of nitrogens with zero attached hydrogens (tertiary/aromatic N) is 3. The van der Waals surface area contributed by atoms with Crippen LogP contribution in [0.25, 0.3) is 11.6 Å². The molecule has 28 heavy (non-hydrogen) atoms. The van der Waals surface area contributed by atoms with E-state index in [0.717, 1.165) is 31.7 Å². The van der Waals surface area contributed by atoms with Crippen molar-refractivity contribution < 1.29 is 14.0 Å². The molecule has 1 unspecified atom stereocenters. The van der Waals surface area contributed by atoms with E-state index in [1.54, 1.807) is 37.6 Å². The van der Waals surface area contributed by atoms with E-state index in [1.807, 2.05) is 0 Å². The molecule has 1 aliphatic heterocycles. The van der Waals surface area contributed by atoms with Crippen LogP contribution in [0.2, 0.25) is 0 Å². The van der Waals surface area contributed by atoms with Crippen molar-refractivity contribution in [2.75, 3.05) is 25.5 Å². The van der Waals surface area contributed by atoms with Gasteiger partial charge in [0.2, 0.25) is 17.5 Å². The molecule has 0 aliphatic carbocycles. The molecule has 0 radical (unpaired) electrons. The van der Waals surface area contributed by atoms with Crippen molar-refractivity contribution in [3.63, 3.8) is 0 Å². The minimum absolute atomic E-state index is 0.133. The smallest absolute Gasteiger partial charge is 0.439 e. The minimum Gasteiger partial charge on any atom is -0.497 e. The highest BCUT2D eigenvalue weighted by Crippen LogP contribution is 2.29. The molecule has 3 heterocycles. The summed E-state index contributed by atoms with van der Waals surface area (Å²) in [4.78, 5) is 22.3. The van der Waals surface area contributed by atoms with Crippen molar-refractivity contribution in [3.05, 3.63) is 41.0 Å². The predicted octanol–water partition coefficient (Wildman–Crippen LogP) is 1.78. The first-order valence-corrected chi connectivity index (χ1v) is 8.94. The number of ether oxygens (including phenoxy) is 2. The molecule has 3 N–H and O–H groups in total. The highest BCUT2D eigenvalue weighted by atomic mass is 16.5. The number of methoxy groups -OCH3 is 1. The monoisotopic (exact) mass is 384 g/mol. The Balaban J connectivity index is 1.60. The lowest BCUT2D eigenvalue weighted by Gasteiger charge is -2.15. The normalized spacial score (nSPS) is 16.1. The molecule has 0 amide bonds. The molecule has 146 valence electrons. The van der Waals surface area contributed by atoms with Crippen molar-refractivity contribution in [1.29, 1.82) is 0 Å². The maximum Gasteiger partial charge on any atom is 0.439 e. The van der Waals surface area contributed by atoms with Gasteiger partial charge in [-0.05, 0) is 43.7 Å². The number of aromatic amines is 1. The molecule has 10 nitrogen and oxygen atoms in total. The molecule has 1 fully saturated rings. The average Bonchev–Trinajstić information content (AvgIpc) is 3.39. The van der Waals surface area contributed by atoms with Crippen molar-refractivity contribution in [1.82, 2.24) is 25.4 Å². The van der Waals surface area contributed by atoms with E-state index in [4.69, 9.17) is 9.47 Å². The van der Waals surface area contributed by atoms with E-state index in [-0.39, 0.29) is 11.6 Å². The Morgan fingerprint density at radius 1 is 1.29 bits per heavy atom. The summed E-state index contributed by atoms with van der Waals surface area (Å²) < 4.78 is 15.6. The number of hydrogen-bond donors (Lipinski definition) is 3. The van der Waals surface area contributed by atoms with E-state index in [2.05, 4.69) is 35.3 Å². The number of rotatable bonds is 7. The van der Waals surface area contributed by atoms with Crippen molar-refractivity contribution in [3.8, 4) is 29.0 Å². The molecule has 4 rings (SSSR count). The number of nitrogens with one attached hydrogen (secondary N) is 3. The minimum atomic E-state index is -0.675. The van der Waals surface area contributed by atoms with Crippen LogP contribution in [-0.4, -0.2) is 46.3 Å². The molecule has 1 aliphatic rings. The molecule has 0 saturated carbocycles. The van der Waals surface area contributed by atoms with Gasteiger partial charge in [0, 0.05) is 12.6 Å². The third kappa shape index (κ3) is 4.12. The molecular weight excluding hydrogens is 364 g/mol. The Morgan fingerprint density at radius 3 is 2.79 bits per heavy atom. The van der Waals surface area contributed by atoms with Gasteiger partial charge in [-0.2, -0.15) is 4.98 Å². The van der Waals surface area contributed by atoms with Gasteiger partial charge in [-0.1, -0.05) is 5.16 Å². The topological polar surface area (TPSA) is 127 Å². The Morgan fingerprint density at radius 2 is 2.11 bits per heavy atom. The number of benzene rings is 1. The lowest BCUT2D eigenvalue weighted by atomic mass is 10.2. The Labute approximate surface area is 160 Å². The lowest BCUT2D eigenvalue weighted by Crippen LogP contribution is -2.29. The largest absolute Gasteiger partial charge is 0.497 e. The van der Waals surface area contributed by atoms with Crippen LogP contribution in [0.1, 0.15) is 12.8 Å². The summed E-state index contributed by atoms with van der Waals surface area (Å²) in [5.74, 6) is 1.28. The summed E-state index contributed by atoms with van der Waals surface area (Å²) in [5.41, 5.74) is 0.638. The number of anilines is 1. The van der Waals surface area contributed by atoms with Gasteiger partial charge >= 0.3 is 5.76 Å². The van der Waals surface area contributed by atoms with Gasteiger partial charge in [0.1, 0.15) is 17.2 Å². The zero-order valence-electron chi connectivity index (χ0n) is 15.3. The van der Waals surface area contributed by atoms with E-state index in [0.29, 0.717) is 23.4 Å². The standard InChI is InChI=1S/C18H20N6O4/c1-26-12-4-6-13(7-5-12)27-17-14(20-9-11-3-2-8-19-11)10-21-15(22-17)16-23-18(25)28-24-16/h4-7,10-11,19-20H,2-3,8-9H2,1H3,(H,23,24,25). The van der Waals surface area contributed by atoms with Crippen LogP contribution in [0.15, 0.2) is 39.8 Å².